The van der Waals surface area contributed by atoms with Gasteiger partial charge >= 0.3 is 105 Å². The number of carbonyl (C=O) groups is 10. The van der Waals surface area contributed by atoms with E-state index in [4.69, 9.17) is 35.0 Å². The molecule has 6 aliphatic rings. The van der Waals surface area contributed by atoms with Crippen LogP contribution in [-0.4, -0.2) is 106 Å². The van der Waals surface area contributed by atoms with E-state index in [1.807, 2.05) is 145 Å². The Labute approximate surface area is 804 Å². The SMILES string of the molecule is CC(C)CN1C(=O)c2ccc3c4c(ccc(c24)C1=O)-c1c-3nc2cc3c(-c4ccccc4)c4c(nc3cc2c1-c1ccccc1)-c1ccc2c3c(ccc-4c13)C(=O)N(CC(C)C)C2=O.CC(C)CN1C(=O)c2ccc3c4c(ccc(c24)C1=O)C(=O)C3.N=IB(F)I.Nc1cc(C(=O)c2ccccc2)c(N)cc1C(=O)c1ccccc1.O=CO[O-].[H-].[K+].[K+]. The van der Waals surface area contributed by atoms with E-state index in [2.05, 4.69) is 41.3 Å². The Bertz CT molecular complexity index is 6420. The van der Waals surface area contributed by atoms with Gasteiger partial charge in [0, 0.05) is 170 Å². The molecule has 12 aromatic carbocycles. The number of nitrogens with two attached hydrogens (primary N) is 2. The number of nitrogens with zero attached hydrogens (tertiary/aromatic N) is 5. The normalized spacial score (nSPS) is 13.1. The smallest absolute Gasteiger partial charge is 1.00 e. The van der Waals surface area contributed by atoms with Crippen LogP contribution < -0.4 is 119 Å². The van der Waals surface area contributed by atoms with Crippen LogP contribution in [-0.2, 0) is 16.1 Å². The second kappa shape index (κ2) is 36.0. The molecule has 0 saturated heterocycles. The molecule has 5 N–H and O–H groups in total. The van der Waals surface area contributed by atoms with Crippen molar-refractivity contribution < 1.29 is 167 Å². The molecule has 590 valence electrons. The van der Waals surface area contributed by atoms with Gasteiger partial charge in [0.1, 0.15) is 0 Å². The van der Waals surface area contributed by atoms with Crippen LogP contribution >= 0.6 is 43.2 Å². The number of amides is 6. The molecule has 3 aliphatic heterocycles. The van der Waals surface area contributed by atoms with Crippen LogP contribution in [0, 0.1) is 21.3 Å². The van der Waals surface area contributed by atoms with E-state index in [0.29, 0.717) is 103 Å². The third kappa shape index (κ3) is 15.7. The minimum Gasteiger partial charge on any atom is -1.00 e. The maximum Gasteiger partial charge on any atom is 1.00 e. The van der Waals surface area contributed by atoms with Gasteiger partial charge in [0.05, 0.1) is 22.4 Å². The summed E-state index contributed by atoms with van der Waals surface area (Å²) in [5.74, 6) is -1.49. The molecular formula is C95H72BFI2K2N8O12. The van der Waals surface area contributed by atoms with Crippen molar-refractivity contribution in [2.75, 3.05) is 31.1 Å². The number of ketones is 3. The number of benzene rings is 12. The minimum atomic E-state index is -0.882. The molecule has 0 fully saturated rings. The van der Waals surface area contributed by atoms with Crippen LogP contribution in [0.5, 0.6) is 0 Å². The van der Waals surface area contributed by atoms with Gasteiger partial charge in [-0.3, -0.25) is 66.2 Å². The first-order valence-electron chi connectivity index (χ1n) is 38.4. The van der Waals surface area contributed by atoms with Crippen LogP contribution in [0.25, 0.3) is 121 Å². The van der Waals surface area contributed by atoms with Crippen LogP contribution in [0.3, 0.4) is 0 Å². The fourth-order valence-electron chi connectivity index (χ4n) is 17.1. The largest absolute Gasteiger partial charge is 1.00 e. The van der Waals surface area contributed by atoms with Crippen LogP contribution in [0.2, 0.25) is 0 Å². The number of pyridine rings is 2. The molecule has 0 unspecified atom stereocenters. The van der Waals surface area contributed by atoms with Crippen molar-refractivity contribution in [1.82, 2.24) is 24.7 Å². The number of Topliss-reactive ketones (excluding diaryl/α,β-unsaturated/α-hetero) is 1. The Kier molecular flexibility index (Phi) is 26.0. The van der Waals surface area contributed by atoms with Crippen molar-refractivity contribution >= 4 is 171 Å². The zero-order valence-electron chi connectivity index (χ0n) is 67.9. The number of aromatic nitrogens is 2. The zero-order valence-corrected chi connectivity index (χ0v) is 77.5. The Morgan fingerprint density at radius 2 is 0.744 bits per heavy atom. The molecule has 5 heterocycles. The summed E-state index contributed by atoms with van der Waals surface area (Å²) in [6, 6.07) is 68.1. The Morgan fingerprint density at radius 3 is 1.06 bits per heavy atom. The molecule has 0 bridgehead atoms. The summed E-state index contributed by atoms with van der Waals surface area (Å²) in [4.78, 5) is 145. The van der Waals surface area contributed by atoms with Crippen molar-refractivity contribution in [1.29, 1.82) is 3.56 Å². The van der Waals surface area contributed by atoms with Gasteiger partial charge in [0.2, 0.25) is 0 Å². The van der Waals surface area contributed by atoms with Crippen molar-refractivity contribution in [3.63, 3.8) is 0 Å². The number of halogens is 3. The number of anilines is 2. The van der Waals surface area contributed by atoms with E-state index in [1.165, 1.54) is 26.8 Å². The fourth-order valence-corrected chi connectivity index (χ4v) is 17.1. The first-order chi connectivity index (χ1) is 57.3. The van der Waals surface area contributed by atoms with E-state index in [9.17, 15) is 47.5 Å². The van der Waals surface area contributed by atoms with E-state index >= 15 is 0 Å². The van der Waals surface area contributed by atoms with Crippen molar-refractivity contribution in [2.45, 2.75) is 48.0 Å². The number of imide groups is 3. The van der Waals surface area contributed by atoms with Gasteiger partial charge in [-0.25, -0.2) is 9.97 Å². The van der Waals surface area contributed by atoms with Gasteiger partial charge in [-0.1, -0.05) is 216 Å². The van der Waals surface area contributed by atoms with E-state index in [-0.39, 0.29) is 193 Å². The molecule has 20 nitrogen and oxygen atoms in total. The maximum atomic E-state index is 14.0. The average molecular weight is 1880 g/mol. The summed E-state index contributed by atoms with van der Waals surface area (Å²) in [6.07, 6.45) is 0.355. The Hall–Kier alpha value is -9.77. The van der Waals surface area contributed by atoms with Crippen LogP contribution in [0.15, 0.2) is 218 Å². The van der Waals surface area contributed by atoms with Gasteiger partial charge in [-0.2, -0.15) is 0 Å². The van der Waals surface area contributed by atoms with Gasteiger partial charge in [-0.05, 0) is 139 Å². The van der Waals surface area contributed by atoms with Gasteiger partial charge in [-0.15, -0.1) is 0 Å². The molecule has 6 amide bonds. The zero-order chi connectivity index (χ0) is 83.8. The van der Waals surface area contributed by atoms with Gasteiger partial charge < -0.3 is 27.4 Å². The molecule has 0 saturated carbocycles. The third-order valence-electron chi connectivity index (χ3n) is 21.9. The molecule has 14 aromatic rings. The fraction of sp³-hybridized carbons (Fsp3) is 0.137. The predicted molar refractivity (Wildman–Crippen MR) is 475 cm³/mol. The third-order valence-corrected chi connectivity index (χ3v) is 23.9. The number of hydrogen-bond donors (Lipinski definition) is 3. The molecule has 2 aromatic heterocycles. The van der Waals surface area contributed by atoms with Crippen molar-refractivity contribution in [3.05, 3.63) is 285 Å². The number of rotatable bonds is 14. The number of carbonyl (C=O) groups excluding carboxylic acids is 10. The second-order valence-corrected chi connectivity index (χ2v) is 36.0. The van der Waals surface area contributed by atoms with Crippen molar-refractivity contribution in [2.24, 2.45) is 17.8 Å². The van der Waals surface area contributed by atoms with Gasteiger partial charge in [0.15, 0.2) is 17.3 Å². The van der Waals surface area contributed by atoms with Crippen LogP contribution in [0.1, 0.15) is 153 Å². The molecule has 0 spiro atoms. The summed E-state index contributed by atoms with van der Waals surface area (Å²) in [5.41, 5.74) is 31.7. The molecular weight excluding hydrogens is 1810 g/mol. The Morgan fingerprint density at radius 1 is 0.463 bits per heavy atom. The topological polar surface area (TPSA) is 314 Å². The summed E-state index contributed by atoms with van der Waals surface area (Å²) in [6.45, 7) is 12.9. The molecule has 0 radical (unpaired) electrons. The first kappa shape index (κ1) is 87.6. The number of nitrogen functional groups attached to an aromatic ring is 2. The predicted octanol–water partition coefficient (Wildman–Crippen LogP) is 13.0. The van der Waals surface area contributed by atoms with Crippen molar-refractivity contribution in [3.8, 4) is 67.0 Å². The molecule has 20 rings (SSSR count). The number of nitrogens with one attached hydrogen (secondary N) is 1. The molecule has 0 atom stereocenters. The monoisotopic (exact) mass is 1880 g/mol. The van der Waals surface area contributed by atoms with Gasteiger partial charge in [0.25, 0.3) is 41.9 Å². The average Bonchev–Trinajstić information content (AvgIpc) is 1.53. The molecule has 121 heavy (non-hydrogen) atoms. The quantitative estimate of drug-likeness (QED) is 0.0105. The molecule has 26 heteroatoms. The number of fused-ring (bicyclic) bond motifs is 8. The van der Waals surface area contributed by atoms with E-state index in [0.717, 1.165) is 111 Å². The summed E-state index contributed by atoms with van der Waals surface area (Å²) in [7, 11) is 0. The summed E-state index contributed by atoms with van der Waals surface area (Å²) < 4.78 is 16.8. The second-order valence-electron chi connectivity index (χ2n) is 30.8. The molecule has 3 aliphatic carbocycles. The standard InChI is InChI=1S/C56H38N4O4.C20H16N2O2.C18H15NO3.CH2O3.BFHI2N.2K.H/c1-27(2)25-59-53(61)35-19-15-31-45-33(17-21-37(47(35)45)55(59)63)51-49(31)43(29-11-7-5-8-12-29)39-23-42-40(24-41(39)57-51)44(30-13-9-6-10-14-30)50-32-16-20-36-48-38(22-18-34(46(32)48)52(50)58-42)56(64)60(54(36)62)26-28(3)4;21-17-12-16(20(24)14-9-5-2-6-10-14)18(22)11-15(17)19(23)13-7-3-1-4-8-13;1-9(2)8-19-17(21)12-4-3-10-7-14(20)11-5-6-13(18(19)22)16(12)15(10)11;2-1-4-3;2-1(3)4-5;;;/h5-24,27-28H,25-26H2,1-4H3;1-12H,21-22H2;3-6,9H,7-8H2,1-2H3;1,3H;5H;;;/q;;;;;2*+1;-1/p-1. The van der Waals surface area contributed by atoms with Crippen LogP contribution in [0.4, 0.5) is 15.7 Å². The van der Waals surface area contributed by atoms with E-state index < -0.39 is 23.5 Å². The summed E-state index contributed by atoms with van der Waals surface area (Å²) in [5, 5.41) is 14.9. The summed E-state index contributed by atoms with van der Waals surface area (Å²) >= 11 is 0.719. The number of hydrogen-bond acceptors (Lipinski definition) is 17. The van der Waals surface area contributed by atoms with E-state index in [1.54, 1.807) is 89.1 Å². The Balaban J connectivity index is 0.000000180. The maximum absolute atomic E-state index is 14.0. The first-order valence-corrected chi connectivity index (χ1v) is 42.0. The minimum absolute atomic E-state index is 0.